The first kappa shape index (κ1) is 14.2. The SMILES string of the molecule is CCOc1cc(C)nc(N(CC(=O)O)C(C)C)n1. The number of ether oxygens (including phenoxy) is 1. The van der Waals surface area contributed by atoms with Crippen molar-refractivity contribution in [3.63, 3.8) is 0 Å². The molecule has 0 aliphatic heterocycles. The van der Waals surface area contributed by atoms with Crippen LogP contribution in [0.2, 0.25) is 0 Å². The lowest BCUT2D eigenvalue weighted by Gasteiger charge is -2.25. The Balaban J connectivity index is 3.06. The summed E-state index contributed by atoms with van der Waals surface area (Å²) in [5.74, 6) is -0.0568. The summed E-state index contributed by atoms with van der Waals surface area (Å²) in [6, 6.07) is 1.73. The molecule has 1 N–H and O–H groups in total. The first-order chi connectivity index (χ1) is 8.43. The van der Waals surface area contributed by atoms with E-state index in [1.807, 2.05) is 27.7 Å². The van der Waals surface area contributed by atoms with E-state index in [0.29, 0.717) is 18.4 Å². The van der Waals surface area contributed by atoms with Crippen molar-refractivity contribution in [2.75, 3.05) is 18.1 Å². The maximum absolute atomic E-state index is 10.9. The van der Waals surface area contributed by atoms with Crippen LogP contribution in [0.25, 0.3) is 0 Å². The summed E-state index contributed by atoms with van der Waals surface area (Å²) >= 11 is 0. The number of aromatic nitrogens is 2. The predicted octanol–water partition coefficient (Wildman–Crippen LogP) is 1.48. The van der Waals surface area contributed by atoms with Crippen LogP contribution in [-0.2, 0) is 4.79 Å². The zero-order valence-electron chi connectivity index (χ0n) is 11.2. The van der Waals surface area contributed by atoms with Crippen LogP contribution < -0.4 is 9.64 Å². The standard InChI is InChI=1S/C12H19N3O3/c1-5-18-10-6-9(4)13-12(14-10)15(8(2)3)7-11(16)17/h6,8H,5,7H2,1-4H3,(H,16,17). The van der Waals surface area contributed by atoms with Gasteiger partial charge in [-0.1, -0.05) is 0 Å². The minimum absolute atomic E-state index is 0.00243. The van der Waals surface area contributed by atoms with Gasteiger partial charge in [0.05, 0.1) is 6.61 Å². The fourth-order valence-corrected chi connectivity index (χ4v) is 1.50. The van der Waals surface area contributed by atoms with Gasteiger partial charge >= 0.3 is 5.97 Å². The normalized spacial score (nSPS) is 10.5. The van der Waals surface area contributed by atoms with Crippen LogP contribution >= 0.6 is 0 Å². The molecule has 1 aromatic rings. The third-order valence-electron chi connectivity index (χ3n) is 2.30. The van der Waals surface area contributed by atoms with Gasteiger partial charge in [-0.05, 0) is 27.7 Å². The van der Waals surface area contributed by atoms with Crippen molar-refractivity contribution in [3.05, 3.63) is 11.8 Å². The number of carboxylic acids is 1. The molecular weight excluding hydrogens is 234 g/mol. The Bertz CT molecular complexity index is 421. The maximum atomic E-state index is 10.9. The molecule has 6 heteroatoms. The molecule has 1 aromatic heterocycles. The Kier molecular flexibility index (Phi) is 4.88. The number of aryl methyl sites for hydroxylation is 1. The monoisotopic (exact) mass is 253 g/mol. The van der Waals surface area contributed by atoms with Gasteiger partial charge < -0.3 is 14.7 Å². The third kappa shape index (κ3) is 3.87. The molecule has 0 saturated heterocycles. The van der Waals surface area contributed by atoms with Crippen molar-refractivity contribution in [3.8, 4) is 5.88 Å². The van der Waals surface area contributed by atoms with Crippen LogP contribution in [0.15, 0.2) is 6.07 Å². The number of aliphatic carboxylic acids is 1. The van der Waals surface area contributed by atoms with Crippen molar-refractivity contribution in [2.24, 2.45) is 0 Å². The highest BCUT2D eigenvalue weighted by molar-refractivity contribution is 5.72. The van der Waals surface area contributed by atoms with E-state index < -0.39 is 5.97 Å². The molecular formula is C12H19N3O3. The molecule has 0 atom stereocenters. The van der Waals surface area contributed by atoms with Crippen LogP contribution in [0.3, 0.4) is 0 Å². The lowest BCUT2D eigenvalue weighted by Crippen LogP contribution is -2.37. The molecule has 6 nitrogen and oxygen atoms in total. The second-order valence-corrected chi connectivity index (χ2v) is 4.20. The average molecular weight is 253 g/mol. The van der Waals surface area contributed by atoms with Crippen LogP contribution in [0.4, 0.5) is 5.95 Å². The number of rotatable bonds is 6. The second-order valence-electron chi connectivity index (χ2n) is 4.20. The largest absolute Gasteiger partial charge is 0.480 e. The number of hydrogen-bond donors (Lipinski definition) is 1. The van der Waals surface area contributed by atoms with Gasteiger partial charge in [-0.15, -0.1) is 0 Å². The van der Waals surface area contributed by atoms with E-state index in [1.54, 1.807) is 11.0 Å². The minimum Gasteiger partial charge on any atom is -0.480 e. The molecule has 1 rings (SSSR count). The summed E-state index contributed by atoms with van der Waals surface area (Å²) in [7, 11) is 0. The molecule has 0 saturated carbocycles. The van der Waals surface area contributed by atoms with Gasteiger partial charge in [0.15, 0.2) is 0 Å². The Morgan fingerprint density at radius 1 is 1.50 bits per heavy atom. The van der Waals surface area contributed by atoms with Gasteiger partial charge in [0.1, 0.15) is 6.54 Å². The van der Waals surface area contributed by atoms with E-state index in [4.69, 9.17) is 9.84 Å². The summed E-state index contributed by atoms with van der Waals surface area (Å²) in [6.07, 6.45) is 0. The summed E-state index contributed by atoms with van der Waals surface area (Å²) in [5.41, 5.74) is 0.750. The van der Waals surface area contributed by atoms with E-state index >= 15 is 0 Å². The van der Waals surface area contributed by atoms with Crippen LogP contribution in [0.5, 0.6) is 5.88 Å². The number of hydrogen-bond acceptors (Lipinski definition) is 5. The van der Waals surface area contributed by atoms with Gasteiger partial charge in [0.2, 0.25) is 11.8 Å². The highest BCUT2D eigenvalue weighted by Crippen LogP contribution is 2.17. The van der Waals surface area contributed by atoms with E-state index in [9.17, 15) is 4.79 Å². The predicted molar refractivity (Wildman–Crippen MR) is 68.1 cm³/mol. The highest BCUT2D eigenvalue weighted by Gasteiger charge is 2.18. The first-order valence-electron chi connectivity index (χ1n) is 5.91. The lowest BCUT2D eigenvalue weighted by molar-refractivity contribution is -0.135. The zero-order chi connectivity index (χ0) is 13.7. The molecule has 0 aliphatic rings. The average Bonchev–Trinajstić information content (AvgIpc) is 2.24. The molecule has 0 fully saturated rings. The molecule has 0 bridgehead atoms. The van der Waals surface area contributed by atoms with Crippen molar-refractivity contribution in [1.82, 2.24) is 9.97 Å². The van der Waals surface area contributed by atoms with Crippen LogP contribution in [0, 0.1) is 6.92 Å². The lowest BCUT2D eigenvalue weighted by atomic mass is 10.3. The molecule has 0 radical (unpaired) electrons. The van der Waals surface area contributed by atoms with Gasteiger partial charge in [0, 0.05) is 17.8 Å². The summed E-state index contributed by atoms with van der Waals surface area (Å²) in [5, 5.41) is 8.91. The topological polar surface area (TPSA) is 75.5 Å². The summed E-state index contributed by atoms with van der Waals surface area (Å²) in [4.78, 5) is 21.0. The Morgan fingerprint density at radius 3 is 2.67 bits per heavy atom. The van der Waals surface area contributed by atoms with Crippen molar-refractivity contribution in [1.29, 1.82) is 0 Å². The molecule has 0 aromatic carbocycles. The van der Waals surface area contributed by atoms with E-state index in [1.165, 1.54) is 0 Å². The van der Waals surface area contributed by atoms with E-state index in [2.05, 4.69) is 9.97 Å². The molecule has 0 aliphatic carbocycles. The van der Waals surface area contributed by atoms with Crippen LogP contribution in [0.1, 0.15) is 26.5 Å². The van der Waals surface area contributed by atoms with E-state index in [0.717, 1.165) is 5.69 Å². The van der Waals surface area contributed by atoms with E-state index in [-0.39, 0.29) is 12.6 Å². The molecule has 0 amide bonds. The van der Waals surface area contributed by atoms with Gasteiger partial charge in [-0.25, -0.2) is 4.98 Å². The highest BCUT2D eigenvalue weighted by atomic mass is 16.5. The molecule has 18 heavy (non-hydrogen) atoms. The van der Waals surface area contributed by atoms with Crippen molar-refractivity contribution >= 4 is 11.9 Å². The van der Waals surface area contributed by atoms with Crippen LogP contribution in [-0.4, -0.2) is 40.2 Å². The zero-order valence-corrected chi connectivity index (χ0v) is 11.2. The summed E-state index contributed by atoms with van der Waals surface area (Å²) in [6.45, 7) is 7.87. The fraction of sp³-hybridized carbons (Fsp3) is 0.583. The molecule has 100 valence electrons. The van der Waals surface area contributed by atoms with Gasteiger partial charge in [-0.2, -0.15) is 4.98 Å². The van der Waals surface area contributed by atoms with Crippen molar-refractivity contribution in [2.45, 2.75) is 33.7 Å². The molecule has 1 heterocycles. The molecule has 0 spiro atoms. The maximum Gasteiger partial charge on any atom is 0.323 e. The van der Waals surface area contributed by atoms with Crippen molar-refractivity contribution < 1.29 is 14.6 Å². The van der Waals surface area contributed by atoms with Gasteiger partial charge in [0.25, 0.3) is 0 Å². The third-order valence-corrected chi connectivity index (χ3v) is 2.30. The summed E-state index contributed by atoms with van der Waals surface area (Å²) < 4.78 is 5.34. The Morgan fingerprint density at radius 2 is 2.17 bits per heavy atom. The minimum atomic E-state index is -0.910. The quantitative estimate of drug-likeness (QED) is 0.827. The second kappa shape index (κ2) is 6.18. The van der Waals surface area contributed by atoms with Gasteiger partial charge in [-0.3, -0.25) is 4.79 Å². The first-order valence-corrected chi connectivity index (χ1v) is 5.91. The Labute approximate surface area is 107 Å². The number of nitrogens with zero attached hydrogens (tertiary/aromatic N) is 3. The number of carbonyl (C=O) groups is 1. The fourth-order valence-electron chi connectivity index (χ4n) is 1.50. The number of carboxylic acid groups (broad SMARTS) is 1. The molecule has 0 unspecified atom stereocenters. The number of anilines is 1. The Hall–Kier alpha value is -1.85. The smallest absolute Gasteiger partial charge is 0.323 e.